The van der Waals surface area contributed by atoms with Crippen molar-refractivity contribution in [3.63, 3.8) is 0 Å². The molecule has 136 valence electrons. The van der Waals surface area contributed by atoms with Gasteiger partial charge in [0.1, 0.15) is 11.6 Å². The SMILES string of the molecule is CN=C(NCCc1cc(F)ccc1F)N(C)CCOCC1CC1.I. The summed E-state index contributed by atoms with van der Waals surface area (Å²) in [6, 6.07) is 3.51. The Bertz CT molecular complexity index is 539. The summed E-state index contributed by atoms with van der Waals surface area (Å²) in [4.78, 5) is 6.16. The fourth-order valence-electron chi connectivity index (χ4n) is 2.27. The average Bonchev–Trinajstić information content (AvgIpc) is 3.35. The molecule has 0 amide bonds. The number of hydrogen-bond donors (Lipinski definition) is 1. The van der Waals surface area contributed by atoms with Gasteiger partial charge >= 0.3 is 0 Å². The highest BCUT2D eigenvalue weighted by atomic mass is 127. The number of hydrogen-bond acceptors (Lipinski definition) is 2. The third-order valence-electron chi connectivity index (χ3n) is 3.88. The lowest BCUT2D eigenvalue weighted by Gasteiger charge is -2.22. The monoisotopic (exact) mass is 453 g/mol. The van der Waals surface area contributed by atoms with Crippen LogP contribution in [0.4, 0.5) is 8.78 Å². The second-order valence-electron chi connectivity index (χ2n) is 5.90. The predicted molar refractivity (Wildman–Crippen MR) is 103 cm³/mol. The number of ether oxygens (including phenoxy) is 1. The van der Waals surface area contributed by atoms with Gasteiger partial charge in [-0.2, -0.15) is 0 Å². The summed E-state index contributed by atoms with van der Waals surface area (Å²) in [5, 5.41) is 3.16. The maximum absolute atomic E-state index is 13.6. The van der Waals surface area contributed by atoms with Gasteiger partial charge in [0.25, 0.3) is 0 Å². The molecule has 0 aromatic heterocycles. The third kappa shape index (κ3) is 7.29. The van der Waals surface area contributed by atoms with Crippen LogP contribution in [0.5, 0.6) is 0 Å². The Morgan fingerprint density at radius 1 is 1.38 bits per heavy atom. The van der Waals surface area contributed by atoms with Crippen molar-refractivity contribution in [1.29, 1.82) is 0 Å². The van der Waals surface area contributed by atoms with Gasteiger partial charge in [-0.25, -0.2) is 8.78 Å². The van der Waals surface area contributed by atoms with Crippen molar-refractivity contribution in [2.24, 2.45) is 10.9 Å². The molecule has 1 saturated carbocycles. The first-order valence-corrected chi connectivity index (χ1v) is 8.03. The molecule has 0 atom stereocenters. The Kier molecular flexibility index (Phi) is 9.50. The van der Waals surface area contributed by atoms with E-state index in [9.17, 15) is 8.78 Å². The van der Waals surface area contributed by atoms with E-state index in [0.717, 1.165) is 37.2 Å². The summed E-state index contributed by atoms with van der Waals surface area (Å²) >= 11 is 0. The standard InChI is InChI=1S/C17H25F2N3O.HI/c1-20-17(22(2)9-10-23-12-13-3-4-13)21-8-7-14-11-15(18)5-6-16(14)19;/h5-6,11,13H,3-4,7-10,12H2,1-2H3,(H,20,21);1H. The zero-order valence-electron chi connectivity index (χ0n) is 14.2. The van der Waals surface area contributed by atoms with Crippen molar-refractivity contribution in [2.75, 3.05) is 40.4 Å². The normalized spacial score (nSPS) is 14.2. The van der Waals surface area contributed by atoms with Gasteiger partial charge in [-0.1, -0.05) is 0 Å². The van der Waals surface area contributed by atoms with Crippen LogP contribution in [-0.2, 0) is 11.2 Å². The van der Waals surface area contributed by atoms with Crippen molar-refractivity contribution < 1.29 is 13.5 Å². The molecule has 0 bridgehead atoms. The van der Waals surface area contributed by atoms with Crippen LogP contribution in [0.15, 0.2) is 23.2 Å². The first-order valence-electron chi connectivity index (χ1n) is 8.03. The highest BCUT2D eigenvalue weighted by Crippen LogP contribution is 2.28. The Balaban J connectivity index is 0.00000288. The fraction of sp³-hybridized carbons (Fsp3) is 0.588. The summed E-state index contributed by atoms with van der Waals surface area (Å²) < 4.78 is 32.3. The van der Waals surface area contributed by atoms with Gasteiger partial charge < -0.3 is 15.0 Å². The Labute approximate surface area is 159 Å². The van der Waals surface area contributed by atoms with Crippen LogP contribution in [0.3, 0.4) is 0 Å². The molecule has 1 N–H and O–H groups in total. The molecule has 1 aromatic carbocycles. The first-order chi connectivity index (χ1) is 11.1. The zero-order chi connectivity index (χ0) is 16.7. The molecule has 0 unspecified atom stereocenters. The van der Waals surface area contributed by atoms with Crippen molar-refractivity contribution >= 4 is 29.9 Å². The Morgan fingerprint density at radius 2 is 2.12 bits per heavy atom. The van der Waals surface area contributed by atoms with Crippen molar-refractivity contribution in [2.45, 2.75) is 19.3 Å². The number of rotatable bonds is 8. The van der Waals surface area contributed by atoms with E-state index in [1.54, 1.807) is 7.05 Å². The molecule has 2 rings (SSSR count). The van der Waals surface area contributed by atoms with E-state index in [2.05, 4.69) is 10.3 Å². The number of halogens is 3. The molecule has 0 radical (unpaired) electrons. The maximum atomic E-state index is 13.6. The molecule has 4 nitrogen and oxygen atoms in total. The third-order valence-corrected chi connectivity index (χ3v) is 3.88. The molecule has 7 heteroatoms. The number of guanidine groups is 1. The number of benzene rings is 1. The number of aliphatic imine (C=N–C) groups is 1. The predicted octanol–water partition coefficient (Wildman–Crippen LogP) is 3.06. The largest absolute Gasteiger partial charge is 0.379 e. The second-order valence-corrected chi connectivity index (χ2v) is 5.90. The van der Waals surface area contributed by atoms with Gasteiger partial charge in [-0.3, -0.25) is 4.99 Å². The van der Waals surface area contributed by atoms with Crippen molar-refractivity contribution in [1.82, 2.24) is 10.2 Å². The molecule has 0 heterocycles. The van der Waals surface area contributed by atoms with Gasteiger partial charge in [0.2, 0.25) is 0 Å². The van der Waals surface area contributed by atoms with Gasteiger partial charge in [-0.15, -0.1) is 24.0 Å². The smallest absolute Gasteiger partial charge is 0.193 e. The minimum Gasteiger partial charge on any atom is -0.379 e. The molecule has 0 spiro atoms. The molecule has 1 aliphatic rings. The zero-order valence-corrected chi connectivity index (χ0v) is 16.6. The van der Waals surface area contributed by atoms with Gasteiger partial charge in [-0.05, 0) is 48.9 Å². The number of nitrogens with one attached hydrogen (secondary N) is 1. The molecule has 1 aromatic rings. The quantitative estimate of drug-likeness (QED) is 0.285. The molecule has 0 aliphatic heterocycles. The minimum absolute atomic E-state index is 0. The summed E-state index contributed by atoms with van der Waals surface area (Å²) in [6.45, 7) is 2.73. The van der Waals surface area contributed by atoms with Gasteiger partial charge in [0, 0.05) is 33.8 Å². The lowest BCUT2D eigenvalue weighted by molar-refractivity contribution is 0.115. The van der Waals surface area contributed by atoms with Crippen LogP contribution in [0.1, 0.15) is 18.4 Å². The van der Waals surface area contributed by atoms with Crippen molar-refractivity contribution in [3.8, 4) is 0 Å². The van der Waals surface area contributed by atoms with Gasteiger partial charge in [0.05, 0.1) is 6.61 Å². The average molecular weight is 453 g/mol. The van der Waals surface area contributed by atoms with E-state index >= 15 is 0 Å². The molecule has 1 aliphatic carbocycles. The van der Waals surface area contributed by atoms with Crippen LogP contribution in [0.2, 0.25) is 0 Å². The fourth-order valence-corrected chi connectivity index (χ4v) is 2.27. The van der Waals surface area contributed by atoms with E-state index in [4.69, 9.17) is 4.74 Å². The second kappa shape index (κ2) is 10.8. The van der Waals surface area contributed by atoms with Crippen LogP contribution < -0.4 is 5.32 Å². The molecule has 1 fully saturated rings. The summed E-state index contributed by atoms with van der Waals surface area (Å²) in [5.74, 6) is 0.677. The summed E-state index contributed by atoms with van der Waals surface area (Å²) in [5.41, 5.74) is 0.364. The topological polar surface area (TPSA) is 36.9 Å². The van der Waals surface area contributed by atoms with E-state index in [1.165, 1.54) is 18.9 Å². The van der Waals surface area contributed by atoms with Gasteiger partial charge in [0.15, 0.2) is 5.96 Å². The van der Waals surface area contributed by atoms with Crippen LogP contribution in [0.25, 0.3) is 0 Å². The first kappa shape index (κ1) is 21.1. The van der Waals surface area contributed by atoms with E-state index in [-0.39, 0.29) is 29.8 Å². The lowest BCUT2D eigenvalue weighted by Crippen LogP contribution is -2.41. The maximum Gasteiger partial charge on any atom is 0.193 e. The summed E-state index contributed by atoms with van der Waals surface area (Å²) in [7, 11) is 3.63. The van der Waals surface area contributed by atoms with Crippen molar-refractivity contribution in [3.05, 3.63) is 35.4 Å². The highest BCUT2D eigenvalue weighted by molar-refractivity contribution is 14.0. The number of likely N-dealkylation sites (N-methyl/N-ethyl adjacent to an activating group) is 1. The van der Waals surface area contributed by atoms with Crippen LogP contribution >= 0.6 is 24.0 Å². The highest BCUT2D eigenvalue weighted by Gasteiger charge is 2.21. The molecule has 0 saturated heterocycles. The summed E-state index contributed by atoms with van der Waals surface area (Å²) in [6.07, 6.45) is 2.97. The lowest BCUT2D eigenvalue weighted by atomic mass is 10.1. The molecule has 24 heavy (non-hydrogen) atoms. The molecular formula is C17H26F2IN3O. The number of nitrogens with zero attached hydrogens (tertiary/aromatic N) is 2. The minimum atomic E-state index is -0.421. The van der Waals surface area contributed by atoms with E-state index < -0.39 is 5.82 Å². The Morgan fingerprint density at radius 3 is 2.79 bits per heavy atom. The van der Waals surface area contributed by atoms with E-state index in [1.807, 2.05) is 11.9 Å². The van der Waals surface area contributed by atoms with Crippen LogP contribution in [0, 0.1) is 17.6 Å². The Hall–Kier alpha value is -0.960. The van der Waals surface area contributed by atoms with E-state index in [0.29, 0.717) is 25.1 Å². The molecular weight excluding hydrogens is 427 g/mol. The van der Waals surface area contributed by atoms with Crippen LogP contribution in [-0.4, -0.2) is 51.3 Å².